The Balaban J connectivity index is 3.25. The number of benzene rings is 1. The molecule has 0 radical (unpaired) electrons. The quantitative estimate of drug-likeness (QED) is 0.617. The fourth-order valence-corrected chi connectivity index (χ4v) is 3.10. The van der Waals surface area contributed by atoms with Gasteiger partial charge in [0.05, 0.1) is 4.92 Å². The number of nitro benzene ring substituents is 1. The Morgan fingerprint density at radius 1 is 1.42 bits per heavy atom. The van der Waals surface area contributed by atoms with Crippen LogP contribution in [0.15, 0.2) is 23.1 Å². The minimum absolute atomic E-state index is 0.0131. The van der Waals surface area contributed by atoms with E-state index in [0.717, 1.165) is 6.07 Å². The first-order chi connectivity index (χ1) is 8.54. The second-order valence-electron chi connectivity index (χ2n) is 4.99. The highest BCUT2D eigenvalue weighted by molar-refractivity contribution is 7.89. The lowest BCUT2D eigenvalue weighted by molar-refractivity contribution is -0.387. The molecule has 0 aromatic heterocycles. The van der Waals surface area contributed by atoms with Crippen molar-refractivity contribution in [3.05, 3.63) is 33.9 Å². The smallest absolute Gasteiger partial charge is 0.289 e. The fraction of sp³-hybridized carbons (Fsp3) is 0.455. The van der Waals surface area contributed by atoms with E-state index in [1.807, 2.05) is 0 Å². The summed E-state index contributed by atoms with van der Waals surface area (Å²) < 4.78 is 26.6. The van der Waals surface area contributed by atoms with E-state index in [2.05, 4.69) is 4.72 Å². The van der Waals surface area contributed by atoms with Gasteiger partial charge in [0.15, 0.2) is 4.90 Å². The van der Waals surface area contributed by atoms with Crippen LogP contribution < -0.4 is 10.5 Å². The average Bonchev–Trinajstić information content (AvgIpc) is 2.25. The van der Waals surface area contributed by atoms with Gasteiger partial charge in [-0.15, -0.1) is 0 Å². The van der Waals surface area contributed by atoms with Gasteiger partial charge in [-0.1, -0.05) is 12.1 Å². The van der Waals surface area contributed by atoms with Crippen molar-refractivity contribution in [2.45, 2.75) is 31.2 Å². The van der Waals surface area contributed by atoms with Gasteiger partial charge in [-0.25, -0.2) is 13.1 Å². The van der Waals surface area contributed by atoms with Crippen LogP contribution in [0.5, 0.6) is 0 Å². The van der Waals surface area contributed by atoms with E-state index in [1.54, 1.807) is 13.8 Å². The third-order valence-electron chi connectivity index (χ3n) is 2.37. The van der Waals surface area contributed by atoms with Crippen LogP contribution in [-0.2, 0) is 10.0 Å². The molecule has 0 unspecified atom stereocenters. The standard InChI is InChI=1S/C11H17N3O4S/c1-8-5-4-6-9(14(15)16)10(8)19(17,18)13-7-11(2,3)12/h4-6,13H,7,12H2,1-3H3. The molecule has 0 fully saturated rings. The van der Waals surface area contributed by atoms with E-state index >= 15 is 0 Å². The summed E-state index contributed by atoms with van der Waals surface area (Å²) in [6.07, 6.45) is 0. The summed E-state index contributed by atoms with van der Waals surface area (Å²) in [6, 6.07) is 4.11. The van der Waals surface area contributed by atoms with E-state index in [9.17, 15) is 18.5 Å². The SMILES string of the molecule is Cc1cccc([N+](=O)[O-])c1S(=O)(=O)NCC(C)(C)N. The van der Waals surface area contributed by atoms with Gasteiger partial charge in [-0.05, 0) is 26.3 Å². The second-order valence-corrected chi connectivity index (χ2v) is 6.70. The molecular weight excluding hydrogens is 270 g/mol. The first-order valence-corrected chi connectivity index (χ1v) is 7.05. The Morgan fingerprint density at radius 2 is 2.00 bits per heavy atom. The normalized spacial score (nSPS) is 12.4. The Morgan fingerprint density at radius 3 is 2.47 bits per heavy atom. The zero-order valence-electron chi connectivity index (χ0n) is 11.0. The van der Waals surface area contributed by atoms with Gasteiger partial charge in [0.2, 0.25) is 10.0 Å². The molecule has 1 aromatic rings. The molecule has 0 saturated carbocycles. The number of nitro groups is 1. The van der Waals surface area contributed by atoms with Gasteiger partial charge in [0.1, 0.15) is 0 Å². The highest BCUT2D eigenvalue weighted by atomic mass is 32.2. The third-order valence-corrected chi connectivity index (χ3v) is 3.97. The van der Waals surface area contributed by atoms with E-state index in [4.69, 9.17) is 5.73 Å². The highest BCUT2D eigenvalue weighted by Gasteiger charge is 2.28. The van der Waals surface area contributed by atoms with Gasteiger partial charge in [-0.3, -0.25) is 10.1 Å². The molecule has 0 aliphatic heterocycles. The Kier molecular flexibility index (Phi) is 4.28. The summed E-state index contributed by atoms with van der Waals surface area (Å²) in [5.41, 5.74) is 4.82. The first-order valence-electron chi connectivity index (χ1n) is 5.57. The van der Waals surface area contributed by atoms with E-state index < -0.39 is 26.2 Å². The number of nitrogens with zero attached hydrogens (tertiary/aromatic N) is 1. The van der Waals surface area contributed by atoms with Crippen LogP contribution in [0.25, 0.3) is 0 Å². The molecule has 19 heavy (non-hydrogen) atoms. The highest BCUT2D eigenvalue weighted by Crippen LogP contribution is 2.26. The number of nitrogens with one attached hydrogen (secondary N) is 1. The van der Waals surface area contributed by atoms with Crippen molar-refractivity contribution < 1.29 is 13.3 Å². The van der Waals surface area contributed by atoms with E-state index in [1.165, 1.54) is 19.1 Å². The molecule has 0 saturated heterocycles. The van der Waals surface area contributed by atoms with Crippen LogP contribution in [0.2, 0.25) is 0 Å². The predicted octanol–water partition coefficient (Wildman–Crippen LogP) is 0.919. The van der Waals surface area contributed by atoms with Gasteiger partial charge in [-0.2, -0.15) is 0 Å². The minimum atomic E-state index is -3.97. The molecule has 8 heteroatoms. The lowest BCUT2D eigenvalue weighted by atomic mass is 10.1. The molecule has 1 rings (SSSR count). The summed E-state index contributed by atoms with van der Waals surface area (Å²) in [5, 5.41) is 10.9. The Labute approximate surface area is 112 Å². The van der Waals surface area contributed by atoms with E-state index in [0.29, 0.717) is 5.56 Å². The van der Waals surface area contributed by atoms with Crippen molar-refractivity contribution in [2.75, 3.05) is 6.54 Å². The number of sulfonamides is 1. The maximum atomic E-state index is 12.2. The van der Waals surface area contributed by atoms with Gasteiger partial charge in [0.25, 0.3) is 5.69 Å². The topological polar surface area (TPSA) is 115 Å². The summed E-state index contributed by atoms with van der Waals surface area (Å²) in [7, 11) is -3.97. The molecule has 0 heterocycles. The molecule has 0 amide bonds. The monoisotopic (exact) mass is 287 g/mol. The fourth-order valence-electron chi connectivity index (χ4n) is 1.48. The zero-order valence-corrected chi connectivity index (χ0v) is 11.8. The summed E-state index contributed by atoms with van der Waals surface area (Å²) >= 11 is 0. The van der Waals surface area contributed by atoms with Gasteiger partial charge in [0, 0.05) is 18.2 Å². The van der Waals surface area contributed by atoms with Crippen molar-refractivity contribution in [2.24, 2.45) is 5.73 Å². The Bertz CT molecular complexity index is 590. The number of hydrogen-bond donors (Lipinski definition) is 2. The van der Waals surface area contributed by atoms with Crippen molar-refractivity contribution >= 4 is 15.7 Å². The van der Waals surface area contributed by atoms with Gasteiger partial charge >= 0.3 is 0 Å². The molecule has 0 atom stereocenters. The average molecular weight is 287 g/mol. The molecule has 1 aromatic carbocycles. The van der Waals surface area contributed by atoms with Crippen LogP contribution >= 0.6 is 0 Å². The van der Waals surface area contributed by atoms with Crippen LogP contribution in [0.4, 0.5) is 5.69 Å². The first kappa shape index (κ1) is 15.5. The van der Waals surface area contributed by atoms with Crippen molar-refractivity contribution in [1.82, 2.24) is 4.72 Å². The molecule has 0 spiro atoms. The molecule has 106 valence electrons. The van der Waals surface area contributed by atoms with Crippen molar-refractivity contribution in [3.63, 3.8) is 0 Å². The summed E-state index contributed by atoms with van der Waals surface area (Å²) in [4.78, 5) is 9.88. The largest absolute Gasteiger partial charge is 0.324 e. The Hall–Kier alpha value is -1.51. The van der Waals surface area contributed by atoms with E-state index in [-0.39, 0.29) is 11.4 Å². The van der Waals surface area contributed by atoms with Crippen LogP contribution in [0.3, 0.4) is 0 Å². The summed E-state index contributed by atoms with van der Waals surface area (Å²) in [5.74, 6) is 0. The molecular formula is C11H17N3O4S. The van der Waals surface area contributed by atoms with Crippen molar-refractivity contribution in [1.29, 1.82) is 0 Å². The molecule has 0 bridgehead atoms. The molecule has 0 aliphatic carbocycles. The lowest BCUT2D eigenvalue weighted by Gasteiger charge is -2.19. The van der Waals surface area contributed by atoms with Crippen LogP contribution in [0.1, 0.15) is 19.4 Å². The zero-order chi connectivity index (χ0) is 14.8. The number of nitrogens with two attached hydrogens (primary N) is 1. The number of aryl methyl sites for hydroxylation is 1. The predicted molar refractivity (Wildman–Crippen MR) is 71.3 cm³/mol. The second kappa shape index (κ2) is 5.24. The number of hydrogen-bond acceptors (Lipinski definition) is 5. The van der Waals surface area contributed by atoms with Crippen LogP contribution in [-0.4, -0.2) is 25.4 Å². The van der Waals surface area contributed by atoms with Crippen LogP contribution in [0, 0.1) is 17.0 Å². The van der Waals surface area contributed by atoms with Gasteiger partial charge < -0.3 is 5.73 Å². The lowest BCUT2D eigenvalue weighted by Crippen LogP contribution is -2.45. The maximum absolute atomic E-state index is 12.2. The maximum Gasteiger partial charge on any atom is 0.289 e. The third kappa shape index (κ3) is 3.98. The van der Waals surface area contributed by atoms with Crippen molar-refractivity contribution in [3.8, 4) is 0 Å². The molecule has 7 nitrogen and oxygen atoms in total. The molecule has 3 N–H and O–H groups in total. The number of rotatable bonds is 5. The molecule has 0 aliphatic rings. The summed E-state index contributed by atoms with van der Waals surface area (Å²) in [6.45, 7) is 4.81. The minimum Gasteiger partial charge on any atom is -0.324 e.